The molecule has 0 saturated heterocycles. The third kappa shape index (κ3) is 3.57. The maximum absolute atomic E-state index is 11.1. The van der Waals surface area contributed by atoms with E-state index in [-0.39, 0.29) is 11.8 Å². The molecule has 98 valence electrons. The van der Waals surface area contributed by atoms with Gasteiger partial charge in [-0.2, -0.15) is 0 Å². The van der Waals surface area contributed by atoms with Crippen molar-refractivity contribution in [1.29, 1.82) is 0 Å². The maximum Gasteiger partial charge on any atom is 0.220 e. The molecule has 1 saturated carbocycles. The van der Waals surface area contributed by atoms with Gasteiger partial charge in [0.15, 0.2) is 0 Å². The first-order valence-corrected chi connectivity index (χ1v) is 6.73. The molecule has 1 amide bonds. The maximum atomic E-state index is 11.1. The molecule has 1 fully saturated rings. The fourth-order valence-electron chi connectivity index (χ4n) is 2.55. The Balaban J connectivity index is 1.75. The van der Waals surface area contributed by atoms with Crippen LogP contribution in [0.4, 0.5) is 0 Å². The van der Waals surface area contributed by atoms with Crippen molar-refractivity contribution in [3.63, 3.8) is 0 Å². The molecule has 1 aromatic carbocycles. The minimum atomic E-state index is -0.132. The van der Waals surface area contributed by atoms with Gasteiger partial charge in [0.2, 0.25) is 5.91 Å². The molecule has 0 radical (unpaired) electrons. The highest BCUT2D eigenvalue weighted by atomic mass is 16.1. The number of benzene rings is 1. The first kappa shape index (κ1) is 13.1. The van der Waals surface area contributed by atoms with Crippen molar-refractivity contribution in [2.75, 3.05) is 0 Å². The molecule has 0 heterocycles. The molecule has 3 N–H and O–H groups in total. The van der Waals surface area contributed by atoms with Gasteiger partial charge >= 0.3 is 0 Å². The fourth-order valence-corrected chi connectivity index (χ4v) is 2.55. The zero-order valence-corrected chi connectivity index (χ0v) is 11.0. The Labute approximate surface area is 109 Å². The van der Waals surface area contributed by atoms with E-state index in [2.05, 4.69) is 36.5 Å². The lowest BCUT2D eigenvalue weighted by Crippen LogP contribution is -2.36. The standard InChI is InChI=1S/C15H22N2O/c1-11-2-4-12(5-3-11)10-17-14-8-6-13(7-9-14)15(16)18/h2-5,13-14,17H,6-10H2,1H3,(H2,16,18). The molecule has 18 heavy (non-hydrogen) atoms. The Kier molecular flexibility index (Phi) is 4.37. The summed E-state index contributed by atoms with van der Waals surface area (Å²) in [6.45, 7) is 3.01. The fraction of sp³-hybridized carbons (Fsp3) is 0.533. The van der Waals surface area contributed by atoms with Crippen LogP contribution in [0.5, 0.6) is 0 Å². The first-order chi connectivity index (χ1) is 8.65. The van der Waals surface area contributed by atoms with Crippen LogP contribution in [0.15, 0.2) is 24.3 Å². The third-order valence-electron chi connectivity index (χ3n) is 3.85. The molecule has 0 spiro atoms. The van der Waals surface area contributed by atoms with Gasteiger partial charge in [0, 0.05) is 18.5 Å². The molecule has 1 aliphatic carbocycles. The highest BCUT2D eigenvalue weighted by Gasteiger charge is 2.24. The summed E-state index contributed by atoms with van der Waals surface area (Å²) in [4.78, 5) is 11.1. The average Bonchev–Trinajstić information content (AvgIpc) is 2.38. The summed E-state index contributed by atoms with van der Waals surface area (Å²) in [5.74, 6) is -0.0330. The largest absolute Gasteiger partial charge is 0.369 e. The number of hydrogen-bond acceptors (Lipinski definition) is 2. The summed E-state index contributed by atoms with van der Waals surface area (Å²) in [7, 11) is 0. The van der Waals surface area contributed by atoms with Crippen molar-refractivity contribution in [3.05, 3.63) is 35.4 Å². The van der Waals surface area contributed by atoms with Crippen molar-refractivity contribution < 1.29 is 4.79 Å². The summed E-state index contributed by atoms with van der Waals surface area (Å²) in [6, 6.07) is 9.14. The first-order valence-electron chi connectivity index (χ1n) is 6.73. The zero-order chi connectivity index (χ0) is 13.0. The second-order valence-electron chi connectivity index (χ2n) is 5.32. The van der Waals surface area contributed by atoms with Gasteiger partial charge in [-0.1, -0.05) is 29.8 Å². The average molecular weight is 246 g/mol. The molecule has 3 heteroatoms. The number of carbonyl (C=O) groups excluding carboxylic acids is 1. The van der Waals surface area contributed by atoms with Crippen LogP contribution in [0.1, 0.15) is 36.8 Å². The lowest BCUT2D eigenvalue weighted by molar-refractivity contribution is -0.122. The van der Waals surface area contributed by atoms with E-state index in [1.165, 1.54) is 11.1 Å². The normalized spacial score (nSPS) is 23.8. The van der Waals surface area contributed by atoms with Crippen LogP contribution in [-0.4, -0.2) is 11.9 Å². The topological polar surface area (TPSA) is 55.1 Å². The quantitative estimate of drug-likeness (QED) is 0.855. The van der Waals surface area contributed by atoms with Gasteiger partial charge in [0.25, 0.3) is 0 Å². The van der Waals surface area contributed by atoms with E-state index in [1.807, 2.05) is 0 Å². The number of amides is 1. The number of hydrogen-bond donors (Lipinski definition) is 2. The van der Waals surface area contributed by atoms with Crippen molar-refractivity contribution in [1.82, 2.24) is 5.32 Å². The van der Waals surface area contributed by atoms with Crippen LogP contribution in [0.3, 0.4) is 0 Å². The number of primary amides is 1. The smallest absolute Gasteiger partial charge is 0.220 e. The van der Waals surface area contributed by atoms with E-state index in [1.54, 1.807) is 0 Å². The third-order valence-corrected chi connectivity index (χ3v) is 3.85. The Hall–Kier alpha value is -1.35. The highest BCUT2D eigenvalue weighted by molar-refractivity contribution is 5.76. The van der Waals surface area contributed by atoms with Crippen molar-refractivity contribution >= 4 is 5.91 Å². The van der Waals surface area contributed by atoms with Crippen LogP contribution >= 0.6 is 0 Å². The van der Waals surface area contributed by atoms with Crippen molar-refractivity contribution in [2.24, 2.45) is 11.7 Å². The van der Waals surface area contributed by atoms with E-state index in [0.717, 1.165) is 32.2 Å². The number of rotatable bonds is 4. The summed E-state index contributed by atoms with van der Waals surface area (Å²) in [5, 5.41) is 3.56. The van der Waals surface area contributed by atoms with E-state index < -0.39 is 0 Å². The monoisotopic (exact) mass is 246 g/mol. The summed E-state index contributed by atoms with van der Waals surface area (Å²) in [6.07, 6.45) is 3.97. The summed E-state index contributed by atoms with van der Waals surface area (Å²) >= 11 is 0. The molecule has 3 nitrogen and oxygen atoms in total. The predicted molar refractivity (Wildman–Crippen MR) is 73.0 cm³/mol. The van der Waals surface area contributed by atoms with Gasteiger partial charge in [-0.15, -0.1) is 0 Å². The van der Waals surface area contributed by atoms with Crippen LogP contribution in [0.2, 0.25) is 0 Å². The van der Waals surface area contributed by atoms with Gasteiger partial charge in [0.1, 0.15) is 0 Å². The van der Waals surface area contributed by atoms with Crippen LogP contribution < -0.4 is 11.1 Å². The minimum Gasteiger partial charge on any atom is -0.369 e. The Morgan fingerprint density at radius 1 is 1.22 bits per heavy atom. The molecule has 1 aromatic rings. The van der Waals surface area contributed by atoms with Gasteiger partial charge in [0.05, 0.1) is 0 Å². The van der Waals surface area contributed by atoms with Gasteiger partial charge < -0.3 is 11.1 Å². The molecule has 0 aromatic heterocycles. The summed E-state index contributed by atoms with van der Waals surface area (Å²) < 4.78 is 0. The Morgan fingerprint density at radius 2 is 1.83 bits per heavy atom. The number of nitrogens with one attached hydrogen (secondary N) is 1. The van der Waals surface area contributed by atoms with Crippen LogP contribution in [0.25, 0.3) is 0 Å². The van der Waals surface area contributed by atoms with E-state index >= 15 is 0 Å². The predicted octanol–water partition coefficient (Wildman–Crippen LogP) is 2.13. The molecule has 0 bridgehead atoms. The molecule has 1 aliphatic rings. The zero-order valence-electron chi connectivity index (χ0n) is 11.0. The second kappa shape index (κ2) is 6.01. The summed E-state index contributed by atoms with van der Waals surface area (Å²) in [5.41, 5.74) is 7.94. The molecule has 2 rings (SSSR count). The molecule has 0 aliphatic heterocycles. The van der Waals surface area contributed by atoms with E-state index in [0.29, 0.717) is 6.04 Å². The van der Waals surface area contributed by atoms with Gasteiger partial charge in [-0.3, -0.25) is 4.79 Å². The highest BCUT2D eigenvalue weighted by Crippen LogP contribution is 2.24. The molecule has 0 atom stereocenters. The Morgan fingerprint density at radius 3 is 2.39 bits per heavy atom. The molecular formula is C15H22N2O. The number of aryl methyl sites for hydroxylation is 1. The number of nitrogens with two attached hydrogens (primary N) is 1. The lowest BCUT2D eigenvalue weighted by atomic mass is 9.85. The SMILES string of the molecule is Cc1ccc(CNC2CCC(C(N)=O)CC2)cc1. The van der Waals surface area contributed by atoms with Crippen LogP contribution in [-0.2, 0) is 11.3 Å². The van der Waals surface area contributed by atoms with Crippen molar-refractivity contribution in [3.8, 4) is 0 Å². The van der Waals surface area contributed by atoms with Crippen molar-refractivity contribution in [2.45, 2.75) is 45.2 Å². The molecular weight excluding hydrogens is 224 g/mol. The van der Waals surface area contributed by atoms with Gasteiger partial charge in [-0.05, 0) is 38.2 Å². The minimum absolute atomic E-state index is 0.0995. The van der Waals surface area contributed by atoms with Gasteiger partial charge in [-0.25, -0.2) is 0 Å². The van der Waals surface area contributed by atoms with Crippen LogP contribution in [0, 0.1) is 12.8 Å². The van der Waals surface area contributed by atoms with E-state index in [4.69, 9.17) is 5.73 Å². The lowest BCUT2D eigenvalue weighted by Gasteiger charge is -2.27. The Bertz CT molecular complexity index is 391. The molecule has 0 unspecified atom stereocenters. The second-order valence-corrected chi connectivity index (χ2v) is 5.32. The van der Waals surface area contributed by atoms with E-state index in [9.17, 15) is 4.79 Å². The number of carbonyl (C=O) groups is 1.